The van der Waals surface area contributed by atoms with Crippen molar-refractivity contribution in [3.05, 3.63) is 21.9 Å². The number of aliphatic hydroxyl groups is 1. The Kier molecular flexibility index (Phi) is 4.40. The van der Waals surface area contributed by atoms with E-state index in [1.165, 1.54) is 11.0 Å². The Morgan fingerprint density at radius 1 is 1.53 bits per heavy atom. The van der Waals surface area contributed by atoms with Crippen molar-refractivity contribution < 1.29 is 14.6 Å². The van der Waals surface area contributed by atoms with Gasteiger partial charge >= 0.3 is 0 Å². The first kappa shape index (κ1) is 14.7. The summed E-state index contributed by atoms with van der Waals surface area (Å²) in [5, 5.41) is 10.9. The molecule has 0 radical (unpaired) electrons. The largest absolute Gasteiger partial charge is 0.388 e. The van der Waals surface area contributed by atoms with Crippen LogP contribution in [0.15, 0.2) is 6.07 Å². The summed E-state index contributed by atoms with van der Waals surface area (Å²) in [7, 11) is 1.64. The van der Waals surface area contributed by atoms with Gasteiger partial charge in [-0.15, -0.1) is 0 Å². The Labute approximate surface area is 121 Å². The van der Waals surface area contributed by atoms with E-state index in [1.807, 2.05) is 0 Å². The van der Waals surface area contributed by atoms with Crippen LogP contribution in [0, 0.1) is 0 Å². The molecule has 0 aromatic carbocycles. The van der Waals surface area contributed by atoms with Crippen LogP contribution < -0.4 is 0 Å². The minimum Gasteiger partial charge on any atom is -0.388 e. The number of likely N-dealkylation sites (N-methyl/N-ethyl adjacent to an activating group) is 1. The molecule has 1 aliphatic rings. The zero-order chi connectivity index (χ0) is 14.0. The van der Waals surface area contributed by atoms with Gasteiger partial charge in [-0.2, -0.15) is 0 Å². The highest BCUT2D eigenvalue weighted by atomic mass is 35.5. The molecule has 1 amide bonds. The van der Waals surface area contributed by atoms with Gasteiger partial charge in [-0.25, -0.2) is 0 Å². The lowest BCUT2D eigenvalue weighted by Gasteiger charge is -2.35. The van der Waals surface area contributed by atoms with Gasteiger partial charge in [0.2, 0.25) is 0 Å². The third-order valence-electron chi connectivity index (χ3n) is 3.26. The standard InChI is InChI=1S/C12H16Cl2N2O3/c1-16(7-12(18)2-4-19-5-3-12)11(17)9-6-8(13)10(14)15-9/h6,15,18H,2-5,7H2,1H3. The Bertz CT molecular complexity index is 450. The van der Waals surface area contributed by atoms with Crippen LogP contribution in [0.5, 0.6) is 0 Å². The highest BCUT2D eigenvalue weighted by molar-refractivity contribution is 6.41. The fraction of sp³-hybridized carbons (Fsp3) is 0.583. The molecule has 0 aliphatic carbocycles. The summed E-state index contributed by atoms with van der Waals surface area (Å²) in [6.45, 7) is 1.28. The van der Waals surface area contributed by atoms with E-state index in [2.05, 4.69) is 4.98 Å². The van der Waals surface area contributed by atoms with Crippen LogP contribution in [0.2, 0.25) is 10.2 Å². The molecule has 106 valence electrons. The van der Waals surface area contributed by atoms with E-state index >= 15 is 0 Å². The smallest absolute Gasteiger partial charge is 0.270 e. The van der Waals surface area contributed by atoms with Crippen LogP contribution in [0.25, 0.3) is 0 Å². The number of hydrogen-bond donors (Lipinski definition) is 2. The van der Waals surface area contributed by atoms with Crippen molar-refractivity contribution in [3.8, 4) is 0 Å². The van der Waals surface area contributed by atoms with Gasteiger partial charge in [0.25, 0.3) is 5.91 Å². The molecule has 0 unspecified atom stereocenters. The molecule has 0 saturated carbocycles. The maximum atomic E-state index is 12.2. The molecular weight excluding hydrogens is 291 g/mol. The number of halogens is 2. The molecule has 7 heteroatoms. The van der Waals surface area contributed by atoms with Gasteiger partial charge in [0, 0.05) is 39.6 Å². The molecule has 2 N–H and O–H groups in total. The number of carbonyl (C=O) groups is 1. The number of aromatic amines is 1. The lowest BCUT2D eigenvalue weighted by atomic mass is 9.94. The Hall–Kier alpha value is -0.750. The Morgan fingerprint density at radius 2 is 2.16 bits per heavy atom. The summed E-state index contributed by atoms with van der Waals surface area (Å²) in [5.74, 6) is -0.256. The average Bonchev–Trinajstić information content (AvgIpc) is 2.69. The van der Waals surface area contributed by atoms with Crippen LogP contribution >= 0.6 is 23.2 Å². The highest BCUT2D eigenvalue weighted by Crippen LogP contribution is 2.24. The van der Waals surface area contributed by atoms with E-state index in [0.29, 0.717) is 36.8 Å². The van der Waals surface area contributed by atoms with Crippen molar-refractivity contribution in [2.75, 3.05) is 26.8 Å². The molecule has 0 atom stereocenters. The first-order valence-electron chi connectivity index (χ1n) is 6.01. The highest BCUT2D eigenvalue weighted by Gasteiger charge is 2.32. The van der Waals surface area contributed by atoms with Crippen molar-refractivity contribution in [1.82, 2.24) is 9.88 Å². The van der Waals surface area contributed by atoms with E-state index in [9.17, 15) is 9.90 Å². The van der Waals surface area contributed by atoms with E-state index in [4.69, 9.17) is 27.9 Å². The minimum absolute atomic E-state index is 0.239. The molecule has 2 heterocycles. The van der Waals surface area contributed by atoms with Crippen LogP contribution in [-0.2, 0) is 4.74 Å². The van der Waals surface area contributed by atoms with E-state index < -0.39 is 5.60 Å². The summed E-state index contributed by atoms with van der Waals surface area (Å²) >= 11 is 11.6. The molecule has 19 heavy (non-hydrogen) atoms. The zero-order valence-corrected chi connectivity index (χ0v) is 12.1. The molecule has 1 aliphatic heterocycles. The zero-order valence-electron chi connectivity index (χ0n) is 10.6. The lowest BCUT2D eigenvalue weighted by molar-refractivity contribution is -0.0734. The molecule has 0 spiro atoms. The molecule has 5 nitrogen and oxygen atoms in total. The molecule has 1 saturated heterocycles. The second kappa shape index (κ2) is 5.71. The first-order chi connectivity index (χ1) is 8.91. The lowest BCUT2D eigenvalue weighted by Crippen LogP contribution is -2.47. The third-order valence-corrected chi connectivity index (χ3v) is 3.95. The predicted molar refractivity (Wildman–Crippen MR) is 72.8 cm³/mol. The van der Waals surface area contributed by atoms with Gasteiger partial charge < -0.3 is 19.7 Å². The monoisotopic (exact) mass is 306 g/mol. The van der Waals surface area contributed by atoms with Gasteiger partial charge in [0.1, 0.15) is 10.8 Å². The minimum atomic E-state index is -0.886. The summed E-state index contributed by atoms with van der Waals surface area (Å²) in [4.78, 5) is 16.3. The summed E-state index contributed by atoms with van der Waals surface area (Å²) in [5.41, 5.74) is -0.573. The van der Waals surface area contributed by atoms with Crippen molar-refractivity contribution in [1.29, 1.82) is 0 Å². The van der Waals surface area contributed by atoms with Gasteiger partial charge in [-0.05, 0) is 6.07 Å². The van der Waals surface area contributed by atoms with Crippen LogP contribution in [-0.4, -0.2) is 53.3 Å². The molecule has 1 aromatic heterocycles. The maximum Gasteiger partial charge on any atom is 0.270 e. The normalized spacial score (nSPS) is 18.3. The summed E-state index contributed by atoms with van der Waals surface area (Å²) in [6.07, 6.45) is 1.05. The van der Waals surface area contributed by atoms with Crippen molar-refractivity contribution in [3.63, 3.8) is 0 Å². The summed E-state index contributed by atoms with van der Waals surface area (Å²) < 4.78 is 5.21. The van der Waals surface area contributed by atoms with Crippen molar-refractivity contribution in [2.45, 2.75) is 18.4 Å². The number of hydrogen-bond acceptors (Lipinski definition) is 3. The second-order valence-electron chi connectivity index (χ2n) is 4.84. The molecular formula is C12H16Cl2N2O3. The van der Waals surface area contributed by atoms with E-state index in [1.54, 1.807) is 7.05 Å². The molecule has 1 fully saturated rings. The van der Waals surface area contributed by atoms with E-state index in [0.717, 1.165) is 0 Å². The number of aromatic nitrogens is 1. The Balaban J connectivity index is 2.02. The van der Waals surface area contributed by atoms with Gasteiger partial charge in [0.05, 0.1) is 10.6 Å². The number of H-pyrrole nitrogens is 1. The third kappa shape index (κ3) is 3.42. The van der Waals surface area contributed by atoms with E-state index in [-0.39, 0.29) is 17.6 Å². The number of ether oxygens (including phenoxy) is 1. The molecule has 2 rings (SSSR count). The fourth-order valence-electron chi connectivity index (χ4n) is 2.15. The number of carbonyl (C=O) groups excluding carboxylic acids is 1. The van der Waals surface area contributed by atoms with Gasteiger partial charge in [-0.3, -0.25) is 4.79 Å². The maximum absolute atomic E-state index is 12.2. The fourth-order valence-corrected chi connectivity index (χ4v) is 2.46. The van der Waals surface area contributed by atoms with Crippen molar-refractivity contribution in [2.24, 2.45) is 0 Å². The second-order valence-corrected chi connectivity index (χ2v) is 5.63. The molecule has 0 bridgehead atoms. The summed E-state index contributed by atoms with van der Waals surface area (Å²) in [6, 6.07) is 1.48. The quantitative estimate of drug-likeness (QED) is 0.897. The number of nitrogens with one attached hydrogen (secondary N) is 1. The van der Waals surface area contributed by atoms with Crippen LogP contribution in [0.4, 0.5) is 0 Å². The number of amides is 1. The SMILES string of the molecule is CN(CC1(O)CCOCC1)C(=O)c1cc(Cl)c(Cl)[nH]1. The van der Waals surface area contributed by atoms with Gasteiger partial charge in [-0.1, -0.05) is 23.2 Å². The van der Waals surface area contributed by atoms with Crippen LogP contribution in [0.1, 0.15) is 23.3 Å². The number of nitrogens with zero attached hydrogens (tertiary/aromatic N) is 1. The Morgan fingerprint density at radius 3 is 2.68 bits per heavy atom. The number of rotatable bonds is 3. The predicted octanol–water partition coefficient (Wildman–Crippen LogP) is 1.93. The average molecular weight is 307 g/mol. The topological polar surface area (TPSA) is 65.6 Å². The van der Waals surface area contributed by atoms with Crippen molar-refractivity contribution >= 4 is 29.1 Å². The van der Waals surface area contributed by atoms with Crippen LogP contribution in [0.3, 0.4) is 0 Å². The van der Waals surface area contributed by atoms with Gasteiger partial charge in [0.15, 0.2) is 0 Å². The first-order valence-corrected chi connectivity index (χ1v) is 6.76. The molecule has 1 aromatic rings.